The number of aromatic nitrogens is 1. The van der Waals surface area contributed by atoms with Crippen molar-refractivity contribution in [1.82, 2.24) is 4.98 Å². The van der Waals surface area contributed by atoms with E-state index in [1.807, 2.05) is 18.3 Å². The van der Waals surface area contributed by atoms with Crippen LogP contribution in [0.3, 0.4) is 0 Å². The van der Waals surface area contributed by atoms with Gasteiger partial charge < -0.3 is 15.5 Å². The second-order valence-electron chi connectivity index (χ2n) is 3.90. The summed E-state index contributed by atoms with van der Waals surface area (Å²) in [6, 6.07) is 8.20. The van der Waals surface area contributed by atoms with Gasteiger partial charge in [-0.05, 0) is 6.07 Å². The van der Waals surface area contributed by atoms with Crippen LogP contribution in [0.15, 0.2) is 30.5 Å². The Bertz CT molecular complexity index is 471. The number of benzene rings is 1. The summed E-state index contributed by atoms with van der Waals surface area (Å²) in [6.07, 6.45) is 1.99. The Morgan fingerprint density at radius 1 is 1.29 bits per heavy atom. The first kappa shape index (κ1) is 8.03. The Kier molecular flexibility index (Phi) is 1.48. The fourth-order valence-corrected chi connectivity index (χ4v) is 1.96. The average Bonchev–Trinajstić information content (AvgIpc) is 2.58. The number of nitrogens with one attached hydrogen (secondary N) is 1. The molecule has 0 atom stereocenters. The number of nitrogens with two attached hydrogens (primary N) is 1. The Hall–Kier alpha value is -1.32. The van der Waals surface area contributed by atoms with Gasteiger partial charge in [-0.3, -0.25) is 0 Å². The van der Waals surface area contributed by atoms with Crippen molar-refractivity contribution in [2.24, 2.45) is 5.73 Å². The molecule has 0 spiro atoms. The van der Waals surface area contributed by atoms with Crippen LogP contribution in [0.2, 0.25) is 0 Å². The monoisotopic (exact) mass is 188 g/mol. The highest BCUT2D eigenvalue weighted by atomic mass is 16.5. The third-order valence-electron chi connectivity index (χ3n) is 2.84. The summed E-state index contributed by atoms with van der Waals surface area (Å²) < 4.78 is 5.17. The van der Waals surface area contributed by atoms with E-state index >= 15 is 0 Å². The zero-order valence-corrected chi connectivity index (χ0v) is 7.79. The van der Waals surface area contributed by atoms with Crippen molar-refractivity contribution < 1.29 is 4.74 Å². The first-order chi connectivity index (χ1) is 6.80. The molecule has 1 fully saturated rings. The molecule has 2 aromatic rings. The van der Waals surface area contributed by atoms with Crippen molar-refractivity contribution in [3.8, 4) is 0 Å². The van der Waals surface area contributed by atoms with Crippen molar-refractivity contribution in [3.63, 3.8) is 0 Å². The van der Waals surface area contributed by atoms with Gasteiger partial charge in [0.1, 0.15) is 0 Å². The molecular weight excluding hydrogens is 176 g/mol. The highest BCUT2D eigenvalue weighted by Gasteiger charge is 2.37. The molecule has 1 aromatic carbocycles. The average molecular weight is 188 g/mol. The van der Waals surface area contributed by atoms with Gasteiger partial charge in [-0.15, -0.1) is 0 Å². The van der Waals surface area contributed by atoms with Crippen molar-refractivity contribution in [2.45, 2.75) is 5.54 Å². The largest absolute Gasteiger partial charge is 0.377 e. The van der Waals surface area contributed by atoms with Gasteiger partial charge in [0.05, 0.1) is 18.8 Å². The molecule has 3 rings (SSSR count). The van der Waals surface area contributed by atoms with Gasteiger partial charge in [0.2, 0.25) is 0 Å². The van der Waals surface area contributed by atoms with Gasteiger partial charge in [0.25, 0.3) is 0 Å². The topological polar surface area (TPSA) is 51.0 Å². The minimum atomic E-state index is -0.278. The molecule has 72 valence electrons. The van der Waals surface area contributed by atoms with Gasteiger partial charge in [-0.25, -0.2) is 0 Å². The molecule has 0 aliphatic carbocycles. The number of fused-ring (bicyclic) bond motifs is 1. The van der Waals surface area contributed by atoms with E-state index in [1.165, 1.54) is 10.9 Å². The maximum atomic E-state index is 6.19. The number of ether oxygens (including phenoxy) is 1. The molecule has 1 aliphatic rings. The second kappa shape index (κ2) is 2.59. The number of aromatic amines is 1. The molecule has 3 heteroatoms. The lowest BCUT2D eigenvalue weighted by Crippen LogP contribution is -2.54. The molecule has 0 saturated carbocycles. The Morgan fingerprint density at radius 3 is 2.79 bits per heavy atom. The number of H-pyrrole nitrogens is 1. The summed E-state index contributed by atoms with van der Waals surface area (Å²) in [5.41, 5.74) is 8.22. The second-order valence-corrected chi connectivity index (χ2v) is 3.90. The normalized spacial score (nSPS) is 19.5. The zero-order valence-electron chi connectivity index (χ0n) is 7.79. The molecule has 1 saturated heterocycles. The van der Waals surface area contributed by atoms with Gasteiger partial charge >= 0.3 is 0 Å². The maximum Gasteiger partial charge on any atom is 0.0904 e. The van der Waals surface area contributed by atoms with Crippen LogP contribution in [-0.4, -0.2) is 18.2 Å². The molecule has 3 nitrogen and oxygen atoms in total. The Labute approximate surface area is 81.9 Å². The van der Waals surface area contributed by atoms with Crippen LogP contribution in [0.1, 0.15) is 5.56 Å². The van der Waals surface area contributed by atoms with E-state index in [4.69, 9.17) is 10.5 Å². The lowest BCUT2D eigenvalue weighted by Gasteiger charge is -2.37. The predicted molar refractivity (Wildman–Crippen MR) is 55.0 cm³/mol. The molecule has 0 amide bonds. The van der Waals surface area contributed by atoms with Crippen LogP contribution in [0.5, 0.6) is 0 Å². The lowest BCUT2D eigenvalue weighted by molar-refractivity contribution is -0.0561. The van der Waals surface area contributed by atoms with Crippen molar-refractivity contribution in [1.29, 1.82) is 0 Å². The van der Waals surface area contributed by atoms with Crippen LogP contribution in [0.4, 0.5) is 0 Å². The summed E-state index contributed by atoms with van der Waals surface area (Å²) in [7, 11) is 0. The molecule has 1 aliphatic heterocycles. The van der Waals surface area contributed by atoms with E-state index in [9.17, 15) is 0 Å². The smallest absolute Gasteiger partial charge is 0.0904 e. The minimum Gasteiger partial charge on any atom is -0.377 e. The van der Waals surface area contributed by atoms with Gasteiger partial charge in [0.15, 0.2) is 0 Å². The molecule has 0 unspecified atom stereocenters. The van der Waals surface area contributed by atoms with Crippen molar-refractivity contribution in [3.05, 3.63) is 36.0 Å². The van der Waals surface area contributed by atoms with Crippen LogP contribution in [0.25, 0.3) is 10.9 Å². The van der Waals surface area contributed by atoms with Crippen LogP contribution >= 0.6 is 0 Å². The number of hydrogen-bond acceptors (Lipinski definition) is 2. The van der Waals surface area contributed by atoms with Crippen LogP contribution in [0, 0.1) is 0 Å². The van der Waals surface area contributed by atoms with E-state index in [1.54, 1.807) is 0 Å². The molecule has 1 aromatic heterocycles. The molecule has 2 heterocycles. The van der Waals surface area contributed by atoms with E-state index in [0.29, 0.717) is 13.2 Å². The fraction of sp³-hybridized carbons (Fsp3) is 0.273. The third kappa shape index (κ3) is 0.937. The molecule has 0 bridgehead atoms. The van der Waals surface area contributed by atoms with E-state index in [2.05, 4.69) is 17.1 Å². The Morgan fingerprint density at radius 2 is 2.07 bits per heavy atom. The maximum absolute atomic E-state index is 6.19. The minimum absolute atomic E-state index is 0.278. The first-order valence-electron chi connectivity index (χ1n) is 4.73. The summed E-state index contributed by atoms with van der Waals surface area (Å²) in [5.74, 6) is 0. The lowest BCUT2D eigenvalue weighted by atomic mass is 9.89. The van der Waals surface area contributed by atoms with Crippen LogP contribution < -0.4 is 5.73 Å². The SMILES string of the molecule is NC1(c2c[nH]c3ccccc23)COC1. The van der Waals surface area contributed by atoms with Crippen LogP contribution in [-0.2, 0) is 10.3 Å². The van der Waals surface area contributed by atoms with E-state index < -0.39 is 0 Å². The highest BCUT2D eigenvalue weighted by Crippen LogP contribution is 2.32. The highest BCUT2D eigenvalue weighted by molar-refractivity contribution is 5.84. The van der Waals surface area contributed by atoms with E-state index in [0.717, 1.165) is 5.52 Å². The van der Waals surface area contributed by atoms with E-state index in [-0.39, 0.29) is 5.54 Å². The standard InChI is InChI=1S/C11H12N2O/c12-11(6-14-7-11)9-5-13-10-4-2-1-3-8(9)10/h1-5,13H,6-7,12H2. The summed E-state index contributed by atoms with van der Waals surface area (Å²) in [6.45, 7) is 1.24. The summed E-state index contributed by atoms with van der Waals surface area (Å²) in [4.78, 5) is 3.23. The fourth-order valence-electron chi connectivity index (χ4n) is 1.96. The molecular formula is C11H12N2O. The predicted octanol–water partition coefficient (Wildman–Crippen LogP) is 1.35. The Balaban J connectivity index is 2.22. The summed E-state index contributed by atoms with van der Waals surface area (Å²) >= 11 is 0. The third-order valence-corrected chi connectivity index (χ3v) is 2.84. The first-order valence-corrected chi connectivity index (χ1v) is 4.73. The number of hydrogen-bond donors (Lipinski definition) is 2. The molecule has 3 N–H and O–H groups in total. The summed E-state index contributed by atoms with van der Waals surface area (Å²) in [5, 5.41) is 1.21. The van der Waals surface area contributed by atoms with Crippen molar-refractivity contribution >= 4 is 10.9 Å². The molecule has 0 radical (unpaired) electrons. The quantitative estimate of drug-likeness (QED) is 0.709. The number of para-hydroxylation sites is 1. The van der Waals surface area contributed by atoms with Gasteiger partial charge in [0, 0.05) is 22.7 Å². The van der Waals surface area contributed by atoms with Gasteiger partial charge in [-0.1, -0.05) is 18.2 Å². The van der Waals surface area contributed by atoms with Crippen molar-refractivity contribution in [2.75, 3.05) is 13.2 Å². The zero-order chi connectivity index (χ0) is 9.60. The van der Waals surface area contributed by atoms with Gasteiger partial charge in [-0.2, -0.15) is 0 Å². The molecule has 14 heavy (non-hydrogen) atoms. The number of rotatable bonds is 1.